The van der Waals surface area contributed by atoms with Crippen LogP contribution in [0.15, 0.2) is 42.6 Å². The molecule has 0 radical (unpaired) electrons. The van der Waals surface area contributed by atoms with E-state index in [1.165, 1.54) is 11.8 Å². The van der Waals surface area contributed by atoms with Gasteiger partial charge in [0.25, 0.3) is 0 Å². The van der Waals surface area contributed by atoms with Crippen LogP contribution in [0.3, 0.4) is 0 Å². The standard InChI is InChI=1S/C27H28F2N6/c1-30-21-8-5-17-13-20(28)25(26(29)24(17)21)22-14-19-23(15-31-22)32-33-27(19)16-3-6-18(7-4-16)35-11-9-34(2)10-12-35/h3-4,6-7,13-15,21,30H,5,8-12H2,1-2H3,(H,32,33). The average Bonchev–Trinajstić information content (AvgIpc) is 3.48. The van der Waals surface area contributed by atoms with Crippen molar-refractivity contribution in [2.75, 3.05) is 45.2 Å². The second kappa shape index (κ2) is 8.70. The van der Waals surface area contributed by atoms with Crippen molar-refractivity contribution >= 4 is 16.6 Å². The lowest BCUT2D eigenvalue weighted by atomic mass is 9.99. The Morgan fingerprint density at radius 1 is 1.06 bits per heavy atom. The van der Waals surface area contributed by atoms with Crippen molar-refractivity contribution < 1.29 is 8.78 Å². The molecule has 0 bridgehead atoms. The van der Waals surface area contributed by atoms with Crippen LogP contribution in [0.1, 0.15) is 23.6 Å². The van der Waals surface area contributed by atoms with Crippen LogP contribution >= 0.6 is 0 Å². The lowest BCUT2D eigenvalue weighted by Crippen LogP contribution is -2.44. The summed E-state index contributed by atoms with van der Waals surface area (Å²) in [7, 11) is 3.95. The molecule has 2 N–H and O–H groups in total. The number of aromatic nitrogens is 3. The average molecular weight is 475 g/mol. The van der Waals surface area contributed by atoms with Crippen molar-refractivity contribution in [1.82, 2.24) is 25.4 Å². The molecule has 0 spiro atoms. The first-order valence-corrected chi connectivity index (χ1v) is 12.1. The van der Waals surface area contributed by atoms with Crippen LogP contribution in [0.2, 0.25) is 0 Å². The van der Waals surface area contributed by atoms with Crippen LogP contribution in [-0.2, 0) is 6.42 Å². The van der Waals surface area contributed by atoms with Crippen LogP contribution < -0.4 is 10.2 Å². The second-order valence-corrected chi connectivity index (χ2v) is 9.52. The van der Waals surface area contributed by atoms with Crippen LogP contribution in [0.5, 0.6) is 0 Å². The Morgan fingerprint density at radius 2 is 1.83 bits per heavy atom. The van der Waals surface area contributed by atoms with E-state index < -0.39 is 11.6 Å². The predicted octanol–water partition coefficient (Wildman–Crippen LogP) is 4.53. The number of nitrogens with one attached hydrogen (secondary N) is 2. The maximum absolute atomic E-state index is 15.6. The first kappa shape index (κ1) is 22.1. The topological polar surface area (TPSA) is 60.1 Å². The smallest absolute Gasteiger partial charge is 0.140 e. The van der Waals surface area contributed by atoms with Crippen LogP contribution in [0, 0.1) is 11.6 Å². The molecule has 3 heterocycles. The van der Waals surface area contributed by atoms with E-state index in [-0.39, 0.29) is 17.3 Å². The molecule has 1 atom stereocenters. The summed E-state index contributed by atoms with van der Waals surface area (Å²) in [6.45, 7) is 4.10. The summed E-state index contributed by atoms with van der Waals surface area (Å²) in [5, 5.41) is 11.4. The molecule has 180 valence electrons. The summed E-state index contributed by atoms with van der Waals surface area (Å²) in [6.07, 6.45) is 3.02. The highest BCUT2D eigenvalue weighted by Gasteiger charge is 2.30. The van der Waals surface area contributed by atoms with Gasteiger partial charge in [-0.05, 0) is 56.8 Å². The molecule has 0 saturated carbocycles. The number of H-pyrrole nitrogens is 1. The Hall–Kier alpha value is -3.36. The van der Waals surface area contributed by atoms with E-state index in [2.05, 4.69) is 61.6 Å². The number of piperazine rings is 1. The van der Waals surface area contributed by atoms with Gasteiger partial charge in [0.15, 0.2) is 0 Å². The molecule has 8 heteroatoms. The third-order valence-corrected chi connectivity index (χ3v) is 7.45. The highest BCUT2D eigenvalue weighted by molar-refractivity contribution is 5.94. The third kappa shape index (κ3) is 3.77. The van der Waals surface area contributed by atoms with Gasteiger partial charge in [-0.3, -0.25) is 10.1 Å². The lowest BCUT2D eigenvalue weighted by molar-refractivity contribution is 0.313. The van der Waals surface area contributed by atoms with E-state index in [1.807, 2.05) is 0 Å². The maximum Gasteiger partial charge on any atom is 0.140 e. The molecule has 0 amide bonds. The molecule has 1 fully saturated rings. The Kier molecular flexibility index (Phi) is 5.50. The zero-order chi connectivity index (χ0) is 24.1. The lowest BCUT2D eigenvalue weighted by Gasteiger charge is -2.34. The zero-order valence-electron chi connectivity index (χ0n) is 19.9. The molecule has 6 rings (SSSR count). The van der Waals surface area contributed by atoms with Gasteiger partial charge in [0.1, 0.15) is 17.3 Å². The van der Waals surface area contributed by atoms with Gasteiger partial charge in [-0.25, -0.2) is 8.78 Å². The fourth-order valence-corrected chi connectivity index (χ4v) is 5.40. The molecule has 1 aliphatic carbocycles. The third-order valence-electron chi connectivity index (χ3n) is 7.45. The Morgan fingerprint density at radius 3 is 2.57 bits per heavy atom. The fourth-order valence-electron chi connectivity index (χ4n) is 5.40. The van der Waals surface area contributed by atoms with Gasteiger partial charge in [-0.2, -0.15) is 5.10 Å². The highest BCUT2D eigenvalue weighted by atomic mass is 19.1. The number of pyridine rings is 1. The van der Waals surface area contributed by atoms with Gasteiger partial charge in [0.2, 0.25) is 0 Å². The molecule has 35 heavy (non-hydrogen) atoms. The fraction of sp³-hybridized carbons (Fsp3) is 0.333. The summed E-state index contributed by atoms with van der Waals surface area (Å²) < 4.78 is 30.7. The molecule has 2 aromatic carbocycles. The second-order valence-electron chi connectivity index (χ2n) is 9.52. The van der Waals surface area contributed by atoms with Gasteiger partial charge in [-0.15, -0.1) is 0 Å². The van der Waals surface area contributed by atoms with Gasteiger partial charge >= 0.3 is 0 Å². The number of fused-ring (bicyclic) bond motifs is 2. The number of halogens is 2. The van der Waals surface area contributed by atoms with E-state index in [0.717, 1.165) is 60.3 Å². The van der Waals surface area contributed by atoms with Crippen molar-refractivity contribution in [1.29, 1.82) is 0 Å². The minimum Gasteiger partial charge on any atom is -0.369 e. The molecule has 2 aliphatic rings. The zero-order valence-corrected chi connectivity index (χ0v) is 19.9. The molecule has 1 saturated heterocycles. The van der Waals surface area contributed by atoms with Crippen molar-refractivity contribution in [3.05, 3.63) is 65.4 Å². The van der Waals surface area contributed by atoms with Crippen LogP contribution in [0.4, 0.5) is 14.5 Å². The van der Waals surface area contributed by atoms with Gasteiger partial charge in [0, 0.05) is 54.4 Å². The Labute approximate surface area is 203 Å². The molecular weight excluding hydrogens is 446 g/mol. The first-order chi connectivity index (χ1) is 17.0. The van der Waals surface area contributed by atoms with E-state index in [9.17, 15) is 0 Å². The Bertz CT molecular complexity index is 1390. The molecule has 4 aromatic rings. The number of benzene rings is 2. The Balaban J connectivity index is 1.37. The van der Waals surface area contributed by atoms with Gasteiger partial charge < -0.3 is 15.1 Å². The van der Waals surface area contributed by atoms with E-state index in [1.54, 1.807) is 19.3 Å². The van der Waals surface area contributed by atoms with Crippen molar-refractivity contribution in [2.45, 2.75) is 18.9 Å². The van der Waals surface area contributed by atoms with Crippen LogP contribution in [0.25, 0.3) is 33.4 Å². The number of hydrogen-bond donors (Lipinski definition) is 2. The number of aryl methyl sites for hydroxylation is 1. The summed E-state index contributed by atoms with van der Waals surface area (Å²) in [6, 6.07) is 11.4. The predicted molar refractivity (Wildman–Crippen MR) is 135 cm³/mol. The molecule has 1 aliphatic heterocycles. The van der Waals surface area contributed by atoms with Gasteiger partial charge in [-0.1, -0.05) is 12.1 Å². The number of anilines is 1. The summed E-state index contributed by atoms with van der Waals surface area (Å²) in [5.41, 5.74) is 5.07. The minimum absolute atomic E-state index is 0.0784. The SMILES string of the molecule is CNC1CCc2cc(F)c(-c3cc4c(-c5ccc(N6CCN(C)CC6)cc5)n[nH]c4cn3)c(F)c21. The number of hydrogen-bond acceptors (Lipinski definition) is 5. The van der Waals surface area contributed by atoms with E-state index in [4.69, 9.17) is 0 Å². The monoisotopic (exact) mass is 474 g/mol. The number of rotatable bonds is 4. The number of nitrogens with zero attached hydrogens (tertiary/aromatic N) is 4. The van der Waals surface area contributed by atoms with E-state index in [0.29, 0.717) is 12.0 Å². The summed E-state index contributed by atoms with van der Waals surface area (Å²) >= 11 is 0. The van der Waals surface area contributed by atoms with E-state index >= 15 is 8.78 Å². The molecule has 1 unspecified atom stereocenters. The maximum atomic E-state index is 15.6. The largest absolute Gasteiger partial charge is 0.369 e. The van der Waals surface area contributed by atoms with Crippen molar-refractivity contribution in [2.24, 2.45) is 0 Å². The van der Waals surface area contributed by atoms with Crippen molar-refractivity contribution in [3.8, 4) is 22.5 Å². The molecule has 2 aromatic heterocycles. The molecular formula is C27H28F2N6. The number of aromatic amines is 1. The van der Waals surface area contributed by atoms with Crippen LogP contribution in [-0.4, -0.2) is 60.4 Å². The highest BCUT2D eigenvalue weighted by Crippen LogP contribution is 2.39. The van der Waals surface area contributed by atoms with Crippen molar-refractivity contribution in [3.63, 3.8) is 0 Å². The number of likely N-dealkylation sites (N-methyl/N-ethyl adjacent to an activating group) is 1. The summed E-state index contributed by atoms with van der Waals surface area (Å²) in [5.74, 6) is -1.10. The minimum atomic E-state index is -0.577. The molecule has 6 nitrogen and oxygen atoms in total. The quantitative estimate of drug-likeness (QED) is 0.455. The normalized spacial score (nSPS) is 18.4. The van der Waals surface area contributed by atoms with Gasteiger partial charge in [0.05, 0.1) is 23.0 Å². The first-order valence-electron chi connectivity index (χ1n) is 12.1. The summed E-state index contributed by atoms with van der Waals surface area (Å²) in [4.78, 5) is 9.09.